The zero-order chi connectivity index (χ0) is 19.0. The molecule has 2 heterocycles. The van der Waals surface area contributed by atoms with Crippen LogP contribution in [0.1, 0.15) is 30.1 Å². The van der Waals surface area contributed by atoms with Crippen molar-refractivity contribution < 1.29 is 19.4 Å². The second-order valence-electron chi connectivity index (χ2n) is 7.28. The van der Waals surface area contributed by atoms with Crippen molar-refractivity contribution in [3.63, 3.8) is 0 Å². The van der Waals surface area contributed by atoms with Gasteiger partial charge in [-0.3, -0.25) is 9.69 Å². The van der Waals surface area contributed by atoms with Crippen LogP contribution in [0, 0.1) is 0 Å². The van der Waals surface area contributed by atoms with Gasteiger partial charge in [0.2, 0.25) is 0 Å². The van der Waals surface area contributed by atoms with E-state index >= 15 is 0 Å². The first-order valence-electron chi connectivity index (χ1n) is 9.46. The van der Waals surface area contributed by atoms with Crippen LogP contribution < -0.4 is 0 Å². The number of fused-ring (bicyclic) bond motifs is 1. The average Bonchev–Trinajstić information content (AvgIpc) is 3.06. The number of hydrogen-bond acceptors (Lipinski definition) is 4. The molecule has 6 heteroatoms. The maximum atomic E-state index is 13.4. The molecule has 2 fully saturated rings. The van der Waals surface area contributed by atoms with E-state index in [1.54, 1.807) is 6.07 Å². The van der Waals surface area contributed by atoms with E-state index in [1.165, 1.54) is 4.90 Å². The highest BCUT2D eigenvalue weighted by Gasteiger charge is 2.53. The summed E-state index contributed by atoms with van der Waals surface area (Å²) in [6, 6.07) is 12.4. The van der Waals surface area contributed by atoms with Crippen LogP contribution in [0.15, 0.2) is 42.5 Å². The topological polar surface area (TPSA) is 70.1 Å². The first-order chi connectivity index (χ1) is 13.0. The van der Waals surface area contributed by atoms with Gasteiger partial charge in [0.05, 0.1) is 6.61 Å². The number of carboxylic acids is 1. The molecule has 4 rings (SSSR count). The van der Waals surface area contributed by atoms with Crippen molar-refractivity contribution in [2.45, 2.75) is 31.5 Å². The molecule has 0 saturated carbocycles. The Hall–Kier alpha value is -2.44. The van der Waals surface area contributed by atoms with Gasteiger partial charge in [0.25, 0.3) is 5.91 Å². The predicted octanol–water partition coefficient (Wildman–Crippen LogP) is 2.58. The van der Waals surface area contributed by atoms with Gasteiger partial charge in [0, 0.05) is 31.5 Å². The number of carbonyl (C=O) groups excluding carboxylic acids is 1. The van der Waals surface area contributed by atoms with E-state index in [4.69, 9.17) is 4.74 Å². The van der Waals surface area contributed by atoms with E-state index in [-0.39, 0.29) is 12.5 Å². The highest BCUT2D eigenvalue weighted by Crippen LogP contribution is 2.38. The normalized spacial score (nSPS) is 22.4. The molecule has 0 radical (unpaired) electrons. The maximum absolute atomic E-state index is 13.4. The molecule has 2 aliphatic heterocycles. The van der Waals surface area contributed by atoms with E-state index < -0.39 is 17.7 Å². The number of aliphatic carboxylic acids is 1. The molecule has 0 unspecified atom stereocenters. The third-order valence-corrected chi connectivity index (χ3v) is 5.85. The standard InChI is InChI=1S/C21H24N2O4/c1-2-22-11-9-21(10-12-22)23(18(14-27-21)20(25)26)19(24)17-8-7-15-5-3-4-6-16(15)13-17/h3-8,13,18H,2,9-12,14H2,1H3,(H,25,26)/t18-/m0/s1. The molecule has 6 nitrogen and oxygen atoms in total. The monoisotopic (exact) mass is 368 g/mol. The molecule has 2 aromatic carbocycles. The summed E-state index contributed by atoms with van der Waals surface area (Å²) in [6.07, 6.45) is 1.26. The maximum Gasteiger partial charge on any atom is 0.328 e. The van der Waals surface area contributed by atoms with Crippen LogP contribution in [-0.2, 0) is 9.53 Å². The minimum absolute atomic E-state index is 0.0424. The fourth-order valence-electron chi connectivity index (χ4n) is 4.24. The minimum Gasteiger partial charge on any atom is -0.480 e. The first kappa shape index (κ1) is 17.9. The number of rotatable bonds is 3. The zero-order valence-corrected chi connectivity index (χ0v) is 15.4. The first-order valence-corrected chi connectivity index (χ1v) is 9.46. The highest BCUT2D eigenvalue weighted by molar-refractivity contribution is 6.00. The predicted molar refractivity (Wildman–Crippen MR) is 102 cm³/mol. The Morgan fingerprint density at radius 1 is 1.15 bits per heavy atom. The van der Waals surface area contributed by atoms with Gasteiger partial charge in [-0.25, -0.2) is 4.79 Å². The third kappa shape index (κ3) is 3.09. The molecular weight excluding hydrogens is 344 g/mol. The Bertz CT molecular complexity index is 873. The number of ether oxygens (including phenoxy) is 1. The summed E-state index contributed by atoms with van der Waals surface area (Å²) in [6.45, 7) is 4.68. The number of benzene rings is 2. The lowest BCUT2D eigenvalue weighted by atomic mass is 9.96. The average molecular weight is 368 g/mol. The summed E-state index contributed by atoms with van der Waals surface area (Å²) in [5.41, 5.74) is -0.319. The second-order valence-corrected chi connectivity index (χ2v) is 7.28. The van der Waals surface area contributed by atoms with E-state index in [0.29, 0.717) is 18.4 Å². The Balaban J connectivity index is 1.69. The smallest absolute Gasteiger partial charge is 0.328 e. The van der Waals surface area contributed by atoms with Crippen LogP contribution in [0.2, 0.25) is 0 Å². The Kier molecular flexibility index (Phi) is 4.61. The fraction of sp³-hybridized carbons (Fsp3) is 0.429. The number of amides is 1. The molecule has 2 aliphatic rings. The summed E-state index contributed by atoms with van der Waals surface area (Å²) < 4.78 is 5.99. The van der Waals surface area contributed by atoms with Gasteiger partial charge >= 0.3 is 5.97 Å². The van der Waals surface area contributed by atoms with E-state index in [9.17, 15) is 14.7 Å². The molecule has 1 atom stereocenters. The number of carbonyl (C=O) groups is 2. The van der Waals surface area contributed by atoms with Gasteiger partial charge in [-0.1, -0.05) is 37.3 Å². The van der Waals surface area contributed by atoms with Crippen LogP contribution in [0.25, 0.3) is 10.8 Å². The van der Waals surface area contributed by atoms with Gasteiger partial charge in [-0.2, -0.15) is 0 Å². The van der Waals surface area contributed by atoms with Gasteiger partial charge in [-0.05, 0) is 29.4 Å². The number of likely N-dealkylation sites (tertiary alicyclic amines) is 1. The van der Waals surface area contributed by atoms with Crippen molar-refractivity contribution in [1.29, 1.82) is 0 Å². The molecule has 142 valence electrons. The zero-order valence-electron chi connectivity index (χ0n) is 15.4. The van der Waals surface area contributed by atoms with Crippen molar-refractivity contribution in [3.8, 4) is 0 Å². The lowest BCUT2D eigenvalue weighted by Crippen LogP contribution is -2.58. The molecule has 27 heavy (non-hydrogen) atoms. The van der Waals surface area contributed by atoms with Crippen LogP contribution in [0.5, 0.6) is 0 Å². The van der Waals surface area contributed by atoms with Gasteiger partial charge in [0.1, 0.15) is 5.72 Å². The molecule has 1 amide bonds. The number of piperidine rings is 1. The van der Waals surface area contributed by atoms with Crippen molar-refractivity contribution in [2.75, 3.05) is 26.2 Å². The summed E-state index contributed by atoms with van der Waals surface area (Å²) in [5.74, 6) is -1.28. The van der Waals surface area contributed by atoms with Crippen molar-refractivity contribution in [1.82, 2.24) is 9.80 Å². The molecule has 1 spiro atoms. The quantitative estimate of drug-likeness (QED) is 0.902. The number of hydrogen-bond donors (Lipinski definition) is 1. The number of carboxylic acid groups (broad SMARTS) is 1. The lowest BCUT2D eigenvalue weighted by Gasteiger charge is -2.44. The van der Waals surface area contributed by atoms with Gasteiger partial charge in [-0.15, -0.1) is 0 Å². The fourth-order valence-corrected chi connectivity index (χ4v) is 4.24. The van der Waals surface area contributed by atoms with Crippen LogP contribution in [-0.4, -0.2) is 64.8 Å². The Morgan fingerprint density at radius 3 is 2.52 bits per heavy atom. The molecule has 2 aromatic rings. The molecular formula is C21H24N2O4. The summed E-state index contributed by atoms with van der Waals surface area (Å²) >= 11 is 0. The van der Waals surface area contributed by atoms with E-state index in [0.717, 1.165) is 30.4 Å². The molecule has 0 aromatic heterocycles. The largest absolute Gasteiger partial charge is 0.480 e. The molecule has 0 bridgehead atoms. The second kappa shape index (κ2) is 6.94. The van der Waals surface area contributed by atoms with Gasteiger partial charge in [0.15, 0.2) is 6.04 Å². The molecule has 0 aliphatic carbocycles. The van der Waals surface area contributed by atoms with Crippen molar-refractivity contribution >= 4 is 22.6 Å². The molecule has 1 N–H and O–H groups in total. The van der Waals surface area contributed by atoms with Crippen molar-refractivity contribution in [2.24, 2.45) is 0 Å². The van der Waals surface area contributed by atoms with Crippen molar-refractivity contribution in [3.05, 3.63) is 48.0 Å². The third-order valence-electron chi connectivity index (χ3n) is 5.85. The molecule has 2 saturated heterocycles. The minimum atomic E-state index is -1.01. The highest BCUT2D eigenvalue weighted by atomic mass is 16.5. The van der Waals surface area contributed by atoms with Gasteiger partial charge < -0.3 is 14.7 Å². The lowest BCUT2D eigenvalue weighted by molar-refractivity contribution is -0.143. The van der Waals surface area contributed by atoms with Crippen LogP contribution in [0.4, 0.5) is 0 Å². The Morgan fingerprint density at radius 2 is 1.85 bits per heavy atom. The summed E-state index contributed by atoms with van der Waals surface area (Å²) in [7, 11) is 0. The SMILES string of the molecule is CCN1CCC2(CC1)OC[C@@H](C(=O)O)N2C(=O)c1ccc2ccccc2c1. The van der Waals surface area contributed by atoms with Crippen LogP contribution in [0.3, 0.4) is 0 Å². The van der Waals surface area contributed by atoms with E-state index in [1.807, 2.05) is 36.4 Å². The summed E-state index contributed by atoms with van der Waals surface area (Å²) in [5, 5.41) is 11.7. The van der Waals surface area contributed by atoms with Crippen LogP contribution >= 0.6 is 0 Å². The Labute approximate surface area is 158 Å². The number of nitrogens with zero attached hydrogens (tertiary/aromatic N) is 2. The van der Waals surface area contributed by atoms with E-state index in [2.05, 4.69) is 11.8 Å². The summed E-state index contributed by atoms with van der Waals surface area (Å²) in [4.78, 5) is 29.0.